The zero-order chi connectivity index (χ0) is 17.2. The SMILES string of the molecule is Cl.O=c1ccc2cc(F)ccc2n1C1CCN(Cc2ccccc2)CC1. The number of piperidine rings is 1. The molecule has 3 nitrogen and oxygen atoms in total. The smallest absolute Gasteiger partial charge is 0.251 e. The van der Waals surface area contributed by atoms with E-state index in [2.05, 4.69) is 29.2 Å². The maximum Gasteiger partial charge on any atom is 0.251 e. The summed E-state index contributed by atoms with van der Waals surface area (Å²) < 4.78 is 15.3. The minimum Gasteiger partial charge on any atom is -0.305 e. The average Bonchev–Trinajstić information content (AvgIpc) is 2.64. The molecule has 136 valence electrons. The molecule has 1 aliphatic rings. The van der Waals surface area contributed by atoms with Crippen LogP contribution in [0.25, 0.3) is 10.9 Å². The van der Waals surface area contributed by atoms with Gasteiger partial charge in [0.1, 0.15) is 5.82 Å². The maximum absolute atomic E-state index is 13.5. The molecule has 1 saturated heterocycles. The second-order valence-electron chi connectivity index (χ2n) is 6.74. The van der Waals surface area contributed by atoms with E-state index in [1.807, 2.05) is 10.6 Å². The average molecular weight is 373 g/mol. The van der Waals surface area contributed by atoms with Crippen LogP contribution in [0.3, 0.4) is 0 Å². The molecule has 26 heavy (non-hydrogen) atoms. The molecule has 0 bridgehead atoms. The van der Waals surface area contributed by atoms with Crippen LogP contribution in [0.4, 0.5) is 4.39 Å². The summed E-state index contributed by atoms with van der Waals surface area (Å²) in [6, 6.07) is 18.6. The third-order valence-electron chi connectivity index (χ3n) is 5.06. The Morgan fingerprint density at radius 1 is 0.962 bits per heavy atom. The number of aromatic nitrogens is 1. The molecular weight excluding hydrogens is 351 g/mol. The van der Waals surface area contributed by atoms with Crippen LogP contribution in [0.2, 0.25) is 0 Å². The molecule has 0 aliphatic carbocycles. The third-order valence-corrected chi connectivity index (χ3v) is 5.06. The zero-order valence-electron chi connectivity index (χ0n) is 14.5. The van der Waals surface area contributed by atoms with Gasteiger partial charge in [-0.15, -0.1) is 12.4 Å². The Hall–Kier alpha value is -2.17. The van der Waals surface area contributed by atoms with Gasteiger partial charge in [-0.2, -0.15) is 0 Å². The molecule has 0 spiro atoms. The monoisotopic (exact) mass is 372 g/mol. The molecule has 0 saturated carbocycles. The number of hydrogen-bond acceptors (Lipinski definition) is 2. The molecule has 2 heterocycles. The van der Waals surface area contributed by atoms with Crippen molar-refractivity contribution in [3.05, 3.63) is 82.4 Å². The number of nitrogens with zero attached hydrogens (tertiary/aromatic N) is 2. The van der Waals surface area contributed by atoms with Gasteiger partial charge in [-0.3, -0.25) is 9.69 Å². The van der Waals surface area contributed by atoms with Gasteiger partial charge in [0.15, 0.2) is 0 Å². The molecule has 0 unspecified atom stereocenters. The first-order valence-corrected chi connectivity index (χ1v) is 8.78. The summed E-state index contributed by atoms with van der Waals surface area (Å²) >= 11 is 0. The highest BCUT2D eigenvalue weighted by Gasteiger charge is 2.22. The minimum absolute atomic E-state index is 0. The fourth-order valence-corrected chi connectivity index (χ4v) is 3.79. The largest absolute Gasteiger partial charge is 0.305 e. The van der Waals surface area contributed by atoms with Crippen LogP contribution < -0.4 is 5.56 Å². The van der Waals surface area contributed by atoms with Gasteiger partial charge in [-0.25, -0.2) is 4.39 Å². The van der Waals surface area contributed by atoms with E-state index in [0.29, 0.717) is 0 Å². The van der Waals surface area contributed by atoms with E-state index in [9.17, 15) is 9.18 Å². The molecule has 5 heteroatoms. The Morgan fingerprint density at radius 3 is 2.42 bits per heavy atom. The van der Waals surface area contributed by atoms with E-state index in [1.54, 1.807) is 18.2 Å². The van der Waals surface area contributed by atoms with Crippen molar-refractivity contribution < 1.29 is 4.39 Å². The van der Waals surface area contributed by atoms with Crippen LogP contribution in [0.15, 0.2) is 65.5 Å². The molecule has 3 aromatic rings. The predicted molar refractivity (Wildman–Crippen MR) is 105 cm³/mol. The van der Waals surface area contributed by atoms with Gasteiger partial charge in [0.2, 0.25) is 0 Å². The summed E-state index contributed by atoms with van der Waals surface area (Å²) in [5.41, 5.74) is 2.15. The Labute approximate surface area is 158 Å². The van der Waals surface area contributed by atoms with Gasteiger partial charge >= 0.3 is 0 Å². The highest BCUT2D eigenvalue weighted by atomic mass is 35.5. The Bertz CT molecular complexity index is 934. The van der Waals surface area contributed by atoms with Gasteiger partial charge in [-0.05, 0) is 42.7 Å². The van der Waals surface area contributed by atoms with E-state index in [4.69, 9.17) is 0 Å². The van der Waals surface area contributed by atoms with Gasteiger partial charge in [0, 0.05) is 37.1 Å². The highest BCUT2D eigenvalue weighted by molar-refractivity contribution is 5.85. The van der Waals surface area contributed by atoms with Gasteiger partial charge in [0.05, 0.1) is 5.52 Å². The first-order chi connectivity index (χ1) is 12.2. The first kappa shape index (κ1) is 18.6. The topological polar surface area (TPSA) is 25.2 Å². The van der Waals surface area contributed by atoms with Crippen molar-refractivity contribution in [1.82, 2.24) is 9.47 Å². The van der Waals surface area contributed by atoms with Crippen molar-refractivity contribution >= 4 is 23.3 Å². The second-order valence-corrected chi connectivity index (χ2v) is 6.74. The second kappa shape index (κ2) is 8.02. The summed E-state index contributed by atoms with van der Waals surface area (Å²) in [5.74, 6) is -0.268. The summed E-state index contributed by atoms with van der Waals surface area (Å²) in [6.45, 7) is 2.87. The van der Waals surface area contributed by atoms with Crippen molar-refractivity contribution in [3.63, 3.8) is 0 Å². The fraction of sp³-hybridized carbons (Fsp3) is 0.286. The van der Waals surface area contributed by atoms with Crippen molar-refractivity contribution in [2.24, 2.45) is 0 Å². The third kappa shape index (κ3) is 3.81. The Morgan fingerprint density at radius 2 is 1.69 bits per heavy atom. The van der Waals surface area contributed by atoms with Crippen molar-refractivity contribution in [2.75, 3.05) is 13.1 Å². The van der Waals surface area contributed by atoms with Crippen LogP contribution in [0.5, 0.6) is 0 Å². The molecule has 0 atom stereocenters. The van der Waals surface area contributed by atoms with E-state index in [0.717, 1.165) is 43.4 Å². The van der Waals surface area contributed by atoms with E-state index < -0.39 is 0 Å². The minimum atomic E-state index is -0.268. The standard InChI is InChI=1S/C21H21FN2O.ClH/c22-18-7-8-20-17(14-18)6-9-21(25)24(20)19-10-12-23(13-11-19)15-16-4-2-1-3-5-16;/h1-9,14,19H,10-13,15H2;1H. The molecule has 1 aliphatic heterocycles. The van der Waals surface area contributed by atoms with Crippen molar-refractivity contribution in [1.29, 1.82) is 0 Å². The number of halogens is 2. The van der Waals surface area contributed by atoms with Crippen LogP contribution in [-0.2, 0) is 6.54 Å². The van der Waals surface area contributed by atoms with Crippen LogP contribution in [0, 0.1) is 5.82 Å². The number of benzene rings is 2. The normalized spacial score (nSPS) is 15.7. The molecular formula is C21H22ClFN2O. The molecule has 4 rings (SSSR count). The summed E-state index contributed by atoms with van der Waals surface area (Å²) in [7, 11) is 0. The lowest BCUT2D eigenvalue weighted by Crippen LogP contribution is -2.37. The quantitative estimate of drug-likeness (QED) is 0.680. The number of rotatable bonds is 3. The highest BCUT2D eigenvalue weighted by Crippen LogP contribution is 2.26. The van der Waals surface area contributed by atoms with Crippen LogP contribution in [0.1, 0.15) is 24.4 Å². The molecule has 2 aromatic carbocycles. The lowest BCUT2D eigenvalue weighted by Gasteiger charge is -2.33. The molecule has 0 radical (unpaired) electrons. The molecule has 1 aromatic heterocycles. The van der Waals surface area contributed by atoms with Crippen molar-refractivity contribution in [2.45, 2.75) is 25.4 Å². The first-order valence-electron chi connectivity index (χ1n) is 8.78. The van der Waals surface area contributed by atoms with Gasteiger partial charge < -0.3 is 4.57 Å². The molecule has 0 N–H and O–H groups in total. The Kier molecular flexibility index (Phi) is 5.74. The zero-order valence-corrected chi connectivity index (χ0v) is 15.3. The van der Waals surface area contributed by atoms with Gasteiger partial charge in [-0.1, -0.05) is 30.3 Å². The summed E-state index contributed by atoms with van der Waals surface area (Å²) in [5, 5.41) is 0.784. The van der Waals surface area contributed by atoms with E-state index in [-0.39, 0.29) is 29.8 Å². The summed E-state index contributed by atoms with van der Waals surface area (Å²) in [6.07, 6.45) is 1.87. The molecule has 1 fully saturated rings. The molecule has 0 amide bonds. The number of hydrogen-bond donors (Lipinski definition) is 0. The lowest BCUT2D eigenvalue weighted by molar-refractivity contribution is 0.180. The number of fused-ring (bicyclic) bond motifs is 1. The van der Waals surface area contributed by atoms with Crippen LogP contribution in [-0.4, -0.2) is 22.6 Å². The van der Waals surface area contributed by atoms with E-state index in [1.165, 1.54) is 17.7 Å². The van der Waals surface area contributed by atoms with Crippen LogP contribution >= 0.6 is 12.4 Å². The lowest BCUT2D eigenvalue weighted by atomic mass is 10.0. The number of pyridine rings is 1. The van der Waals surface area contributed by atoms with Gasteiger partial charge in [0.25, 0.3) is 5.56 Å². The number of likely N-dealkylation sites (tertiary alicyclic amines) is 1. The fourth-order valence-electron chi connectivity index (χ4n) is 3.79. The summed E-state index contributed by atoms with van der Waals surface area (Å²) in [4.78, 5) is 14.9. The van der Waals surface area contributed by atoms with E-state index >= 15 is 0 Å². The maximum atomic E-state index is 13.5. The van der Waals surface area contributed by atoms with Crippen molar-refractivity contribution in [3.8, 4) is 0 Å². The predicted octanol–water partition coefficient (Wildman–Crippen LogP) is 4.40. The Balaban J connectivity index is 0.00000196.